The zero-order chi connectivity index (χ0) is 14.7. The van der Waals surface area contributed by atoms with Gasteiger partial charge in [0.2, 0.25) is 5.91 Å². The number of halogens is 2. The Labute approximate surface area is 146 Å². The second-order valence-electron chi connectivity index (χ2n) is 5.89. The molecule has 2 N–H and O–H groups in total. The van der Waals surface area contributed by atoms with Crippen LogP contribution in [0.3, 0.4) is 0 Å². The van der Waals surface area contributed by atoms with Gasteiger partial charge in [-0.15, -0.1) is 12.4 Å². The maximum absolute atomic E-state index is 12.2. The van der Waals surface area contributed by atoms with Gasteiger partial charge >= 0.3 is 0 Å². The first kappa shape index (κ1) is 17.7. The lowest BCUT2D eigenvalue weighted by Gasteiger charge is -2.27. The molecule has 1 amide bonds. The second-order valence-corrected chi connectivity index (χ2v) is 6.80. The van der Waals surface area contributed by atoms with Crippen LogP contribution in [-0.2, 0) is 4.79 Å². The molecule has 3 rings (SSSR count). The summed E-state index contributed by atoms with van der Waals surface area (Å²) in [6, 6.07) is 8.30. The van der Waals surface area contributed by atoms with Crippen molar-refractivity contribution >= 4 is 34.2 Å². The van der Waals surface area contributed by atoms with Crippen molar-refractivity contribution in [1.82, 2.24) is 15.5 Å². The van der Waals surface area contributed by atoms with Gasteiger partial charge < -0.3 is 10.6 Å². The third-order valence-electron chi connectivity index (χ3n) is 4.34. The van der Waals surface area contributed by atoms with E-state index in [0.717, 1.165) is 50.2 Å². The maximum Gasteiger partial charge on any atom is 0.223 e. The predicted octanol–water partition coefficient (Wildman–Crippen LogP) is 2.00. The number of amides is 1. The molecule has 1 aliphatic carbocycles. The maximum atomic E-state index is 12.2. The smallest absolute Gasteiger partial charge is 0.223 e. The zero-order valence-electron chi connectivity index (χ0n) is 12.6. The molecule has 4 nitrogen and oxygen atoms in total. The lowest BCUT2D eigenvalue weighted by molar-refractivity contribution is -0.122. The molecule has 0 radical (unpaired) electrons. The van der Waals surface area contributed by atoms with E-state index in [1.807, 2.05) is 12.1 Å². The lowest BCUT2D eigenvalue weighted by Crippen LogP contribution is -2.46. The fraction of sp³-hybridized carbons (Fsp3) is 0.562. The molecule has 0 bridgehead atoms. The first-order valence-corrected chi connectivity index (χ1v) is 8.49. The largest absolute Gasteiger partial charge is 0.355 e. The highest BCUT2D eigenvalue weighted by Gasteiger charge is 2.43. The Hall–Kier alpha value is -0.620. The van der Waals surface area contributed by atoms with Crippen LogP contribution in [0.25, 0.3) is 0 Å². The Bertz CT molecular complexity index is 508. The minimum atomic E-state index is 0. The summed E-state index contributed by atoms with van der Waals surface area (Å²) in [7, 11) is 0. The molecule has 1 aromatic rings. The number of hydrogen-bond acceptors (Lipinski definition) is 3. The highest BCUT2D eigenvalue weighted by atomic mass is 79.9. The van der Waals surface area contributed by atoms with Crippen molar-refractivity contribution in [1.29, 1.82) is 0 Å². The number of rotatable bonds is 5. The van der Waals surface area contributed by atoms with Crippen LogP contribution in [0.15, 0.2) is 28.7 Å². The summed E-state index contributed by atoms with van der Waals surface area (Å²) < 4.78 is 1.09. The Kier molecular flexibility index (Phi) is 6.68. The topological polar surface area (TPSA) is 44.4 Å². The number of nitrogens with one attached hydrogen (secondary N) is 2. The van der Waals surface area contributed by atoms with Gasteiger partial charge in [-0.25, -0.2) is 0 Å². The summed E-state index contributed by atoms with van der Waals surface area (Å²) in [5.41, 5.74) is 1.27. The van der Waals surface area contributed by atoms with Crippen LogP contribution in [0.1, 0.15) is 17.9 Å². The van der Waals surface area contributed by atoms with Gasteiger partial charge in [0.1, 0.15) is 0 Å². The van der Waals surface area contributed by atoms with E-state index < -0.39 is 0 Å². The normalized spacial score (nSPS) is 24.4. The lowest BCUT2D eigenvalue weighted by atomic mass is 10.1. The molecule has 2 atom stereocenters. The molecule has 1 saturated heterocycles. The Morgan fingerprint density at radius 2 is 2.14 bits per heavy atom. The fourth-order valence-corrected chi connectivity index (χ4v) is 3.41. The summed E-state index contributed by atoms with van der Waals surface area (Å²) in [6.45, 7) is 6.01. The Morgan fingerprint density at radius 3 is 2.86 bits per heavy atom. The highest BCUT2D eigenvalue weighted by molar-refractivity contribution is 9.10. The van der Waals surface area contributed by atoms with Crippen molar-refractivity contribution < 1.29 is 4.79 Å². The average Bonchev–Trinajstić information content (AvgIpc) is 3.29. The van der Waals surface area contributed by atoms with Gasteiger partial charge in [-0.1, -0.05) is 28.1 Å². The van der Waals surface area contributed by atoms with E-state index in [2.05, 4.69) is 43.6 Å². The Morgan fingerprint density at radius 1 is 1.36 bits per heavy atom. The first-order valence-electron chi connectivity index (χ1n) is 7.70. The fourth-order valence-electron chi connectivity index (χ4n) is 2.99. The van der Waals surface area contributed by atoms with E-state index in [9.17, 15) is 4.79 Å². The summed E-state index contributed by atoms with van der Waals surface area (Å²) in [5, 5.41) is 6.43. The quantitative estimate of drug-likeness (QED) is 0.811. The molecule has 1 heterocycles. The van der Waals surface area contributed by atoms with Crippen molar-refractivity contribution in [2.24, 2.45) is 5.92 Å². The molecule has 6 heteroatoms. The molecule has 1 saturated carbocycles. The molecule has 2 aliphatic rings. The average molecular weight is 389 g/mol. The molecule has 22 heavy (non-hydrogen) atoms. The molecular weight excluding hydrogens is 366 g/mol. The van der Waals surface area contributed by atoms with Gasteiger partial charge in [-0.2, -0.15) is 0 Å². The Balaban J connectivity index is 0.00000176. The van der Waals surface area contributed by atoms with E-state index in [-0.39, 0.29) is 24.2 Å². The van der Waals surface area contributed by atoms with Crippen molar-refractivity contribution in [3.05, 3.63) is 34.3 Å². The van der Waals surface area contributed by atoms with Gasteiger partial charge in [0.05, 0.1) is 0 Å². The number of nitrogens with zero attached hydrogens (tertiary/aromatic N) is 1. The summed E-state index contributed by atoms with van der Waals surface area (Å²) in [5.74, 6) is 0.791. The van der Waals surface area contributed by atoms with Gasteiger partial charge in [-0.05, 0) is 30.0 Å². The van der Waals surface area contributed by atoms with Crippen LogP contribution >= 0.6 is 28.3 Å². The summed E-state index contributed by atoms with van der Waals surface area (Å²) in [4.78, 5) is 14.6. The van der Waals surface area contributed by atoms with Crippen molar-refractivity contribution in [3.63, 3.8) is 0 Å². The minimum Gasteiger partial charge on any atom is -0.355 e. The zero-order valence-corrected chi connectivity index (χ0v) is 15.0. The third-order valence-corrected chi connectivity index (χ3v) is 4.83. The van der Waals surface area contributed by atoms with E-state index in [0.29, 0.717) is 5.92 Å². The molecule has 2 fully saturated rings. The van der Waals surface area contributed by atoms with Crippen LogP contribution in [0.5, 0.6) is 0 Å². The molecule has 0 spiro atoms. The van der Waals surface area contributed by atoms with E-state index in [1.54, 1.807) is 0 Å². The first-order chi connectivity index (χ1) is 10.2. The molecule has 122 valence electrons. The van der Waals surface area contributed by atoms with E-state index in [1.165, 1.54) is 5.56 Å². The number of benzene rings is 1. The van der Waals surface area contributed by atoms with Crippen molar-refractivity contribution in [2.75, 3.05) is 39.3 Å². The number of carbonyl (C=O) groups excluding carboxylic acids is 1. The predicted molar refractivity (Wildman–Crippen MR) is 94.6 cm³/mol. The van der Waals surface area contributed by atoms with Crippen LogP contribution in [-0.4, -0.2) is 50.1 Å². The van der Waals surface area contributed by atoms with Gasteiger partial charge in [0, 0.05) is 49.7 Å². The minimum absolute atomic E-state index is 0. The van der Waals surface area contributed by atoms with E-state index >= 15 is 0 Å². The summed E-state index contributed by atoms with van der Waals surface area (Å²) in [6.07, 6.45) is 0.982. The summed E-state index contributed by atoms with van der Waals surface area (Å²) >= 11 is 3.49. The SMILES string of the molecule is Cl.O=C(NCCN1CCNCC1)C1CC1c1cccc(Br)c1. The molecule has 0 aromatic heterocycles. The molecule has 2 unspecified atom stereocenters. The van der Waals surface area contributed by atoms with Gasteiger partial charge in [0.15, 0.2) is 0 Å². The number of piperazine rings is 1. The van der Waals surface area contributed by atoms with Crippen LogP contribution in [0.2, 0.25) is 0 Å². The highest BCUT2D eigenvalue weighted by Crippen LogP contribution is 2.47. The third kappa shape index (κ3) is 4.69. The van der Waals surface area contributed by atoms with Crippen molar-refractivity contribution in [2.45, 2.75) is 12.3 Å². The van der Waals surface area contributed by atoms with Gasteiger partial charge in [0.25, 0.3) is 0 Å². The van der Waals surface area contributed by atoms with E-state index in [4.69, 9.17) is 0 Å². The molecular formula is C16H23BrClN3O. The van der Waals surface area contributed by atoms with Crippen molar-refractivity contribution in [3.8, 4) is 0 Å². The second kappa shape index (κ2) is 8.29. The van der Waals surface area contributed by atoms with Crippen LogP contribution < -0.4 is 10.6 Å². The monoisotopic (exact) mass is 387 g/mol. The standard InChI is InChI=1S/C16H22BrN3O.ClH/c17-13-3-1-2-12(10-13)14-11-15(14)16(21)19-6-9-20-7-4-18-5-8-20;/h1-3,10,14-15,18H,4-9,11H2,(H,19,21);1H. The number of carbonyl (C=O) groups is 1. The van der Waals surface area contributed by atoms with Crippen LogP contribution in [0.4, 0.5) is 0 Å². The molecule has 1 aromatic carbocycles. The number of hydrogen-bond donors (Lipinski definition) is 2. The van der Waals surface area contributed by atoms with Gasteiger partial charge in [-0.3, -0.25) is 9.69 Å². The van der Waals surface area contributed by atoms with Crippen LogP contribution in [0, 0.1) is 5.92 Å². The molecule has 1 aliphatic heterocycles.